The largest absolute Gasteiger partial charge is 0.341 e. The van der Waals surface area contributed by atoms with Gasteiger partial charge in [-0.1, -0.05) is 20.8 Å². The van der Waals surface area contributed by atoms with Crippen LogP contribution in [0, 0.1) is 11.3 Å². The van der Waals surface area contributed by atoms with Crippen LogP contribution in [0.3, 0.4) is 0 Å². The van der Waals surface area contributed by atoms with Gasteiger partial charge in [0.15, 0.2) is 0 Å². The average Bonchev–Trinajstić information content (AvgIpc) is 2.72. The maximum absolute atomic E-state index is 12.8. The zero-order valence-corrected chi connectivity index (χ0v) is 14.3. The van der Waals surface area contributed by atoms with Gasteiger partial charge in [-0.2, -0.15) is 0 Å². The molecule has 0 radical (unpaired) electrons. The maximum atomic E-state index is 12.8. The summed E-state index contributed by atoms with van der Waals surface area (Å²) in [6.45, 7) is 15.0. The van der Waals surface area contributed by atoms with Gasteiger partial charge < -0.3 is 10.2 Å². The number of hydrogen-bond acceptors (Lipinski definition) is 3. The molecule has 2 unspecified atom stereocenters. The van der Waals surface area contributed by atoms with Crippen molar-refractivity contribution in [1.82, 2.24) is 15.1 Å². The molecule has 1 amide bonds. The second-order valence-corrected chi connectivity index (χ2v) is 7.78. The van der Waals surface area contributed by atoms with E-state index in [1.165, 1.54) is 6.42 Å². The van der Waals surface area contributed by atoms with Crippen LogP contribution in [-0.4, -0.2) is 61.0 Å². The smallest absolute Gasteiger partial charge is 0.239 e. The van der Waals surface area contributed by atoms with E-state index in [1.807, 2.05) is 0 Å². The third-order valence-electron chi connectivity index (χ3n) is 5.32. The Kier molecular flexibility index (Phi) is 5.67. The van der Waals surface area contributed by atoms with Crippen molar-refractivity contribution in [3.63, 3.8) is 0 Å². The molecule has 2 heterocycles. The van der Waals surface area contributed by atoms with Crippen LogP contribution < -0.4 is 5.32 Å². The molecule has 2 aliphatic heterocycles. The minimum absolute atomic E-state index is 0.0401. The summed E-state index contributed by atoms with van der Waals surface area (Å²) in [6.07, 6.45) is 3.57. The molecule has 21 heavy (non-hydrogen) atoms. The lowest BCUT2D eigenvalue weighted by Crippen LogP contribution is -2.53. The van der Waals surface area contributed by atoms with E-state index in [0.717, 1.165) is 58.0 Å². The highest BCUT2D eigenvalue weighted by molar-refractivity contribution is 5.81. The predicted octanol–water partition coefficient (Wildman–Crippen LogP) is 1.95. The molecular formula is C17H33N3O. The van der Waals surface area contributed by atoms with Gasteiger partial charge in [0.25, 0.3) is 0 Å². The third kappa shape index (κ3) is 4.43. The fourth-order valence-electron chi connectivity index (χ4n) is 3.67. The lowest BCUT2D eigenvalue weighted by Gasteiger charge is -2.35. The van der Waals surface area contributed by atoms with Gasteiger partial charge in [0.2, 0.25) is 5.91 Å². The van der Waals surface area contributed by atoms with Crippen molar-refractivity contribution in [1.29, 1.82) is 0 Å². The Balaban J connectivity index is 1.90. The van der Waals surface area contributed by atoms with Crippen LogP contribution in [-0.2, 0) is 4.79 Å². The topological polar surface area (TPSA) is 35.6 Å². The van der Waals surface area contributed by atoms with Gasteiger partial charge in [0.05, 0.1) is 6.04 Å². The normalized spacial score (nSPS) is 27.2. The number of nitrogens with zero attached hydrogens (tertiary/aromatic N) is 2. The van der Waals surface area contributed by atoms with Gasteiger partial charge in [-0.15, -0.1) is 0 Å². The molecule has 0 bridgehead atoms. The van der Waals surface area contributed by atoms with Crippen molar-refractivity contribution in [2.24, 2.45) is 11.3 Å². The van der Waals surface area contributed by atoms with E-state index in [-0.39, 0.29) is 6.04 Å². The second-order valence-electron chi connectivity index (χ2n) is 7.78. The molecular weight excluding hydrogens is 262 g/mol. The molecule has 122 valence electrons. The number of nitrogens with one attached hydrogen (secondary N) is 1. The van der Waals surface area contributed by atoms with Crippen molar-refractivity contribution in [3.05, 3.63) is 0 Å². The summed E-state index contributed by atoms with van der Waals surface area (Å²) in [7, 11) is 0. The van der Waals surface area contributed by atoms with Gasteiger partial charge in [-0.25, -0.2) is 0 Å². The monoisotopic (exact) mass is 295 g/mol. The summed E-state index contributed by atoms with van der Waals surface area (Å²) < 4.78 is 0. The lowest BCUT2D eigenvalue weighted by atomic mass is 9.77. The molecule has 4 heteroatoms. The number of amides is 1. The van der Waals surface area contributed by atoms with E-state index in [9.17, 15) is 4.79 Å². The van der Waals surface area contributed by atoms with Crippen LogP contribution in [0.1, 0.15) is 47.0 Å². The molecule has 0 aromatic heterocycles. The van der Waals surface area contributed by atoms with E-state index in [1.54, 1.807) is 0 Å². The van der Waals surface area contributed by atoms with Crippen LogP contribution >= 0.6 is 0 Å². The molecule has 2 atom stereocenters. The summed E-state index contributed by atoms with van der Waals surface area (Å²) in [5.41, 5.74) is 0.364. The number of rotatable bonds is 2. The molecule has 2 aliphatic rings. The predicted molar refractivity (Wildman–Crippen MR) is 87.3 cm³/mol. The van der Waals surface area contributed by atoms with E-state index in [2.05, 4.69) is 42.8 Å². The number of carbonyl (C=O) groups excluding carboxylic acids is 1. The van der Waals surface area contributed by atoms with Crippen molar-refractivity contribution in [2.45, 2.75) is 53.0 Å². The van der Waals surface area contributed by atoms with Crippen LogP contribution in [0.4, 0.5) is 0 Å². The zero-order chi connectivity index (χ0) is 15.5. The van der Waals surface area contributed by atoms with Crippen molar-refractivity contribution in [2.75, 3.05) is 39.3 Å². The van der Waals surface area contributed by atoms with E-state index in [4.69, 9.17) is 0 Å². The highest BCUT2D eigenvalue weighted by atomic mass is 16.2. The Morgan fingerprint density at radius 3 is 2.38 bits per heavy atom. The fraction of sp³-hybridized carbons (Fsp3) is 0.941. The third-order valence-corrected chi connectivity index (χ3v) is 5.32. The summed E-state index contributed by atoms with van der Waals surface area (Å²) in [5.74, 6) is 1.08. The number of piperazine rings is 1. The summed E-state index contributed by atoms with van der Waals surface area (Å²) in [6, 6.07) is 0.0401. The molecule has 0 spiro atoms. The van der Waals surface area contributed by atoms with Crippen molar-refractivity contribution >= 4 is 5.91 Å². The molecule has 0 aromatic carbocycles. The van der Waals surface area contributed by atoms with Gasteiger partial charge in [0, 0.05) is 39.3 Å². The van der Waals surface area contributed by atoms with Crippen molar-refractivity contribution in [3.8, 4) is 0 Å². The quantitative estimate of drug-likeness (QED) is 0.846. The van der Waals surface area contributed by atoms with E-state index >= 15 is 0 Å². The van der Waals surface area contributed by atoms with Gasteiger partial charge in [-0.3, -0.25) is 9.69 Å². The molecule has 2 rings (SSSR count). The van der Waals surface area contributed by atoms with Crippen molar-refractivity contribution < 1.29 is 4.79 Å². The minimum Gasteiger partial charge on any atom is -0.341 e. The van der Waals surface area contributed by atoms with E-state index in [0.29, 0.717) is 11.3 Å². The molecule has 1 N–H and O–H groups in total. The molecule has 2 saturated heterocycles. The first-order chi connectivity index (χ1) is 9.89. The second kappa shape index (κ2) is 7.10. The van der Waals surface area contributed by atoms with Gasteiger partial charge in [0.1, 0.15) is 0 Å². The van der Waals surface area contributed by atoms with Gasteiger partial charge in [-0.05, 0) is 37.5 Å². The first kappa shape index (κ1) is 16.8. The van der Waals surface area contributed by atoms with Crippen LogP contribution in [0.5, 0.6) is 0 Å². The highest BCUT2D eigenvalue weighted by Gasteiger charge is 2.31. The zero-order valence-electron chi connectivity index (χ0n) is 14.3. The summed E-state index contributed by atoms with van der Waals surface area (Å²) >= 11 is 0. The fourth-order valence-corrected chi connectivity index (χ4v) is 3.67. The summed E-state index contributed by atoms with van der Waals surface area (Å²) in [4.78, 5) is 17.2. The molecule has 4 nitrogen and oxygen atoms in total. The SMILES string of the molecule is CC(C(=O)N1CCCC(C(C)(C)C)CC1)N1CCNCC1. The Morgan fingerprint density at radius 2 is 1.76 bits per heavy atom. The maximum Gasteiger partial charge on any atom is 0.239 e. The molecule has 0 aliphatic carbocycles. The molecule has 0 saturated carbocycles. The van der Waals surface area contributed by atoms with E-state index < -0.39 is 0 Å². The van der Waals surface area contributed by atoms with Gasteiger partial charge >= 0.3 is 0 Å². The number of hydrogen-bond donors (Lipinski definition) is 1. The summed E-state index contributed by atoms with van der Waals surface area (Å²) in [5, 5.41) is 3.35. The average molecular weight is 295 g/mol. The minimum atomic E-state index is 0.0401. The highest BCUT2D eigenvalue weighted by Crippen LogP contribution is 2.34. The Labute approximate surface area is 130 Å². The number of likely N-dealkylation sites (tertiary alicyclic amines) is 1. The molecule has 2 fully saturated rings. The standard InChI is InChI=1S/C17H33N3O/c1-14(19-12-8-18-9-13-19)16(21)20-10-5-6-15(7-11-20)17(2,3)4/h14-15,18H,5-13H2,1-4H3. The Morgan fingerprint density at radius 1 is 1.10 bits per heavy atom. The first-order valence-corrected chi connectivity index (χ1v) is 8.63. The number of carbonyl (C=O) groups is 1. The van der Waals surface area contributed by atoms with Crippen LogP contribution in [0.25, 0.3) is 0 Å². The first-order valence-electron chi connectivity index (χ1n) is 8.63. The van der Waals surface area contributed by atoms with Crippen LogP contribution in [0.2, 0.25) is 0 Å². The lowest BCUT2D eigenvalue weighted by molar-refractivity contribution is -0.136. The Hall–Kier alpha value is -0.610. The Bertz CT molecular complexity index is 344. The molecule has 0 aromatic rings. The van der Waals surface area contributed by atoms with Crippen LogP contribution in [0.15, 0.2) is 0 Å².